The highest BCUT2D eigenvalue weighted by Gasteiger charge is 2.10. The molecular weight excluding hydrogens is 331 g/mol. The van der Waals surface area contributed by atoms with Crippen molar-refractivity contribution in [2.24, 2.45) is 0 Å². The monoisotopic (exact) mass is 352 g/mol. The second-order valence-corrected chi connectivity index (χ2v) is 5.36. The zero-order valence-electron chi connectivity index (χ0n) is 13.5. The Kier molecular flexibility index (Phi) is 8.06. The maximum atomic E-state index is 13.5. The first-order chi connectivity index (χ1) is 11.1. The van der Waals surface area contributed by atoms with E-state index in [0.717, 1.165) is 5.56 Å². The minimum Gasteiger partial charge on any atom is -0.486 e. The van der Waals surface area contributed by atoms with Crippen LogP contribution in [0, 0.1) is 5.82 Å². The van der Waals surface area contributed by atoms with Crippen LogP contribution in [0.3, 0.4) is 0 Å². The van der Waals surface area contributed by atoms with Crippen LogP contribution in [0.25, 0.3) is 0 Å². The molecular formula is C18H22ClFN2O2. The zero-order valence-corrected chi connectivity index (χ0v) is 14.3. The smallest absolute Gasteiger partial charge is 0.220 e. The maximum absolute atomic E-state index is 13.5. The number of halogens is 2. The third-order valence-electron chi connectivity index (χ3n) is 3.43. The van der Waals surface area contributed by atoms with Gasteiger partial charge in [-0.05, 0) is 37.1 Å². The van der Waals surface area contributed by atoms with Gasteiger partial charge in [-0.25, -0.2) is 4.39 Å². The number of hydrogen-bond donors (Lipinski definition) is 2. The summed E-state index contributed by atoms with van der Waals surface area (Å²) in [5.41, 5.74) is 7.49. The van der Waals surface area contributed by atoms with Crippen molar-refractivity contribution in [1.82, 2.24) is 5.32 Å². The van der Waals surface area contributed by atoms with Gasteiger partial charge in [-0.1, -0.05) is 30.3 Å². The van der Waals surface area contributed by atoms with Gasteiger partial charge in [0.2, 0.25) is 5.91 Å². The Hall–Kier alpha value is -2.27. The molecule has 1 atom stereocenters. The lowest BCUT2D eigenvalue weighted by atomic mass is 10.1. The number of nitrogen functional groups attached to an aromatic ring is 1. The van der Waals surface area contributed by atoms with E-state index >= 15 is 0 Å². The minimum absolute atomic E-state index is 0. The maximum Gasteiger partial charge on any atom is 0.220 e. The van der Waals surface area contributed by atoms with Crippen LogP contribution >= 0.6 is 12.4 Å². The Morgan fingerprint density at radius 3 is 2.58 bits per heavy atom. The number of benzene rings is 2. The second-order valence-electron chi connectivity index (χ2n) is 5.36. The number of para-hydroxylation sites is 2. The third kappa shape index (κ3) is 6.08. The van der Waals surface area contributed by atoms with E-state index < -0.39 is 5.82 Å². The number of rotatable bonds is 7. The van der Waals surface area contributed by atoms with E-state index in [4.69, 9.17) is 10.5 Å². The molecule has 0 radical (unpaired) electrons. The fourth-order valence-electron chi connectivity index (χ4n) is 2.15. The van der Waals surface area contributed by atoms with Crippen molar-refractivity contribution in [1.29, 1.82) is 0 Å². The number of hydrogen-bond acceptors (Lipinski definition) is 3. The highest BCUT2D eigenvalue weighted by molar-refractivity contribution is 5.85. The molecule has 2 rings (SSSR count). The Balaban J connectivity index is 0.00000288. The van der Waals surface area contributed by atoms with Crippen LogP contribution in [-0.2, 0) is 11.2 Å². The minimum atomic E-state index is -0.412. The van der Waals surface area contributed by atoms with Gasteiger partial charge in [-0.2, -0.15) is 0 Å². The molecule has 1 amide bonds. The highest BCUT2D eigenvalue weighted by Crippen LogP contribution is 2.17. The second kappa shape index (κ2) is 9.78. The van der Waals surface area contributed by atoms with Crippen LogP contribution in [0.5, 0.6) is 5.75 Å². The molecule has 0 bridgehead atoms. The first-order valence-corrected chi connectivity index (χ1v) is 7.57. The van der Waals surface area contributed by atoms with E-state index in [1.54, 1.807) is 25.1 Å². The van der Waals surface area contributed by atoms with Crippen molar-refractivity contribution < 1.29 is 13.9 Å². The van der Waals surface area contributed by atoms with Gasteiger partial charge in [-0.3, -0.25) is 4.79 Å². The Morgan fingerprint density at radius 1 is 1.21 bits per heavy atom. The van der Waals surface area contributed by atoms with Crippen LogP contribution in [0.4, 0.5) is 10.1 Å². The van der Waals surface area contributed by atoms with Gasteiger partial charge < -0.3 is 15.8 Å². The number of nitrogens with one attached hydrogen (secondary N) is 1. The molecule has 0 spiro atoms. The van der Waals surface area contributed by atoms with Gasteiger partial charge in [0.05, 0.1) is 6.54 Å². The predicted octanol–water partition coefficient (Wildman–Crippen LogP) is 3.35. The van der Waals surface area contributed by atoms with Crippen molar-refractivity contribution >= 4 is 24.0 Å². The van der Waals surface area contributed by atoms with Gasteiger partial charge in [0.15, 0.2) is 11.6 Å². The van der Waals surface area contributed by atoms with Crippen LogP contribution in [-0.4, -0.2) is 18.6 Å². The first kappa shape index (κ1) is 19.8. The predicted molar refractivity (Wildman–Crippen MR) is 95.9 cm³/mol. The average Bonchev–Trinajstić information content (AvgIpc) is 2.54. The summed E-state index contributed by atoms with van der Waals surface area (Å²) in [6.07, 6.45) is 0.611. The molecule has 1 unspecified atom stereocenters. The normalized spacial score (nSPS) is 11.2. The van der Waals surface area contributed by atoms with Gasteiger partial charge in [0.1, 0.15) is 6.10 Å². The summed E-state index contributed by atoms with van der Waals surface area (Å²) in [5, 5.41) is 2.78. The number of carbonyl (C=O) groups is 1. The fraction of sp³-hybridized carbons (Fsp3) is 0.278. The molecule has 2 aromatic rings. The lowest BCUT2D eigenvalue weighted by Gasteiger charge is -2.16. The molecule has 0 aliphatic rings. The molecule has 24 heavy (non-hydrogen) atoms. The van der Waals surface area contributed by atoms with Gasteiger partial charge in [0, 0.05) is 12.1 Å². The SMILES string of the molecule is CC(CNC(=O)CCc1ccccc1N)Oc1ccccc1F.Cl. The number of nitrogens with two attached hydrogens (primary N) is 1. The molecule has 4 nitrogen and oxygen atoms in total. The number of carbonyl (C=O) groups excluding carboxylic acids is 1. The lowest BCUT2D eigenvalue weighted by Crippen LogP contribution is -2.33. The molecule has 3 N–H and O–H groups in total. The summed E-state index contributed by atoms with van der Waals surface area (Å²) in [7, 11) is 0. The molecule has 0 aromatic heterocycles. The summed E-state index contributed by atoms with van der Waals surface area (Å²) < 4.78 is 18.9. The quantitative estimate of drug-likeness (QED) is 0.751. The average molecular weight is 353 g/mol. The Bertz CT molecular complexity index is 667. The largest absolute Gasteiger partial charge is 0.486 e. The summed E-state index contributed by atoms with van der Waals surface area (Å²) >= 11 is 0. The number of amides is 1. The summed E-state index contributed by atoms with van der Waals surface area (Å²) in [4.78, 5) is 11.9. The van der Waals surface area contributed by atoms with E-state index in [1.807, 2.05) is 24.3 Å². The van der Waals surface area contributed by atoms with Gasteiger partial charge in [0.25, 0.3) is 0 Å². The molecule has 0 saturated carbocycles. The van der Waals surface area contributed by atoms with E-state index in [9.17, 15) is 9.18 Å². The highest BCUT2D eigenvalue weighted by atomic mass is 35.5. The zero-order chi connectivity index (χ0) is 16.7. The Morgan fingerprint density at radius 2 is 1.88 bits per heavy atom. The van der Waals surface area contributed by atoms with Crippen molar-refractivity contribution in [3.8, 4) is 5.75 Å². The van der Waals surface area contributed by atoms with Crippen LogP contribution in [0.2, 0.25) is 0 Å². The van der Waals surface area contributed by atoms with Crippen LogP contribution in [0.15, 0.2) is 48.5 Å². The molecule has 6 heteroatoms. The van der Waals surface area contributed by atoms with Crippen molar-refractivity contribution in [3.63, 3.8) is 0 Å². The molecule has 0 fully saturated rings. The molecule has 0 heterocycles. The first-order valence-electron chi connectivity index (χ1n) is 7.57. The molecule has 0 saturated heterocycles. The summed E-state index contributed by atoms with van der Waals surface area (Å²) in [6.45, 7) is 2.10. The molecule has 0 aliphatic heterocycles. The van der Waals surface area contributed by atoms with E-state index in [-0.39, 0.29) is 30.2 Å². The molecule has 2 aromatic carbocycles. The van der Waals surface area contributed by atoms with Crippen LogP contribution < -0.4 is 15.8 Å². The van der Waals surface area contributed by atoms with E-state index in [0.29, 0.717) is 25.1 Å². The van der Waals surface area contributed by atoms with Crippen molar-refractivity contribution in [2.45, 2.75) is 25.9 Å². The summed E-state index contributed by atoms with van der Waals surface area (Å²) in [5.74, 6) is -0.311. The van der Waals surface area contributed by atoms with Crippen molar-refractivity contribution in [2.75, 3.05) is 12.3 Å². The van der Waals surface area contributed by atoms with Gasteiger partial charge >= 0.3 is 0 Å². The standard InChI is InChI=1S/C18H21FN2O2.ClH/c1-13(23-17-9-5-3-7-15(17)19)12-21-18(22)11-10-14-6-2-4-8-16(14)20;/h2-9,13H,10-12,20H2,1H3,(H,21,22);1H. The van der Waals surface area contributed by atoms with E-state index in [2.05, 4.69) is 5.32 Å². The van der Waals surface area contributed by atoms with E-state index in [1.165, 1.54) is 6.07 Å². The lowest BCUT2D eigenvalue weighted by molar-refractivity contribution is -0.121. The number of aryl methyl sites for hydroxylation is 1. The van der Waals surface area contributed by atoms with Crippen LogP contribution in [0.1, 0.15) is 18.9 Å². The Labute approximate surface area is 147 Å². The molecule has 130 valence electrons. The van der Waals surface area contributed by atoms with Crippen molar-refractivity contribution in [3.05, 3.63) is 59.9 Å². The molecule has 0 aliphatic carbocycles. The summed E-state index contributed by atoms with van der Waals surface area (Å²) in [6, 6.07) is 13.7. The fourth-order valence-corrected chi connectivity index (χ4v) is 2.15. The topological polar surface area (TPSA) is 64.4 Å². The third-order valence-corrected chi connectivity index (χ3v) is 3.43. The number of anilines is 1. The number of ether oxygens (including phenoxy) is 1. The van der Waals surface area contributed by atoms with Gasteiger partial charge in [-0.15, -0.1) is 12.4 Å².